The highest BCUT2D eigenvalue weighted by Gasteiger charge is 2.48. The van der Waals surface area contributed by atoms with Crippen LogP contribution in [0, 0.1) is 0 Å². The highest BCUT2D eigenvalue weighted by Crippen LogP contribution is 2.42. The summed E-state index contributed by atoms with van der Waals surface area (Å²) in [5.74, 6) is 1.44. The Morgan fingerprint density at radius 3 is 2.56 bits per heavy atom. The Bertz CT molecular complexity index is 417. The normalized spacial score (nSPS) is 18.9. The second-order valence-electron chi connectivity index (χ2n) is 4.47. The Hall–Kier alpha value is -1.30. The van der Waals surface area contributed by atoms with Crippen molar-refractivity contribution < 1.29 is 19.3 Å². The minimum absolute atomic E-state index is 0.184. The van der Waals surface area contributed by atoms with Crippen LogP contribution in [0.2, 0.25) is 0 Å². The van der Waals surface area contributed by atoms with Gasteiger partial charge in [0.25, 0.3) is 0 Å². The maximum Gasteiger partial charge on any atom is 0.123 e. The summed E-state index contributed by atoms with van der Waals surface area (Å²) in [6.45, 7) is 1.06. The van der Waals surface area contributed by atoms with E-state index >= 15 is 0 Å². The van der Waals surface area contributed by atoms with E-state index in [9.17, 15) is 5.11 Å². The number of ether oxygens (including phenoxy) is 3. The average Bonchev–Trinajstić information content (AvgIpc) is 2.37. The lowest BCUT2D eigenvalue weighted by Crippen LogP contribution is -2.57. The van der Waals surface area contributed by atoms with E-state index in [0.717, 1.165) is 11.3 Å². The fraction of sp³-hybridized carbons (Fsp3) is 0.538. The zero-order valence-electron chi connectivity index (χ0n) is 10.7. The molecule has 1 aromatic carbocycles. The standard InChI is InChI=1S/C13H19NO4/c1-16-9-3-4-11(17-2)10(5-9)13(7-18-8-13)12(15)6-14/h3-5,12,15H,6-8,14H2,1-2H3. The van der Waals surface area contributed by atoms with Gasteiger partial charge in [-0.3, -0.25) is 0 Å². The van der Waals surface area contributed by atoms with Crippen LogP contribution in [0.1, 0.15) is 5.56 Å². The van der Waals surface area contributed by atoms with E-state index in [-0.39, 0.29) is 6.54 Å². The van der Waals surface area contributed by atoms with Gasteiger partial charge in [0.2, 0.25) is 0 Å². The Balaban J connectivity index is 2.46. The number of hydrogen-bond donors (Lipinski definition) is 2. The molecule has 1 unspecified atom stereocenters. The van der Waals surface area contributed by atoms with Gasteiger partial charge in [0.1, 0.15) is 11.5 Å². The summed E-state index contributed by atoms with van der Waals surface area (Å²) >= 11 is 0. The zero-order chi connectivity index (χ0) is 13.2. The van der Waals surface area contributed by atoms with Crippen molar-refractivity contribution in [2.24, 2.45) is 5.73 Å². The molecule has 3 N–H and O–H groups in total. The number of hydrogen-bond acceptors (Lipinski definition) is 5. The second kappa shape index (κ2) is 5.14. The molecule has 100 valence electrons. The summed E-state index contributed by atoms with van der Waals surface area (Å²) in [5.41, 5.74) is 5.98. The molecule has 18 heavy (non-hydrogen) atoms. The molecule has 1 aliphatic rings. The van der Waals surface area contributed by atoms with Crippen molar-refractivity contribution in [2.75, 3.05) is 34.0 Å². The Morgan fingerprint density at radius 2 is 2.11 bits per heavy atom. The Morgan fingerprint density at radius 1 is 1.39 bits per heavy atom. The van der Waals surface area contributed by atoms with Crippen LogP contribution in [0.5, 0.6) is 11.5 Å². The van der Waals surface area contributed by atoms with Crippen LogP contribution in [0.4, 0.5) is 0 Å². The molecule has 5 nitrogen and oxygen atoms in total. The van der Waals surface area contributed by atoms with E-state index in [0.29, 0.717) is 19.0 Å². The SMILES string of the molecule is COc1ccc(OC)c(C2(C(O)CN)COC2)c1. The number of aliphatic hydroxyl groups excluding tert-OH is 1. The van der Waals surface area contributed by atoms with Gasteiger partial charge in [0.15, 0.2) is 0 Å². The van der Waals surface area contributed by atoms with Gasteiger partial charge in [-0.15, -0.1) is 0 Å². The molecule has 0 aliphatic carbocycles. The predicted molar refractivity (Wildman–Crippen MR) is 67.1 cm³/mol. The summed E-state index contributed by atoms with van der Waals surface area (Å²) in [4.78, 5) is 0. The van der Waals surface area contributed by atoms with E-state index in [1.807, 2.05) is 18.2 Å². The number of aliphatic hydroxyl groups is 1. The number of nitrogens with two attached hydrogens (primary N) is 1. The summed E-state index contributed by atoms with van der Waals surface area (Å²) in [6, 6.07) is 5.53. The highest BCUT2D eigenvalue weighted by molar-refractivity contribution is 5.47. The Kier molecular flexibility index (Phi) is 3.75. The third-order valence-corrected chi connectivity index (χ3v) is 3.52. The van der Waals surface area contributed by atoms with Gasteiger partial charge in [-0.2, -0.15) is 0 Å². The molecule has 0 bridgehead atoms. The molecular formula is C13H19NO4. The van der Waals surface area contributed by atoms with Gasteiger partial charge in [-0.25, -0.2) is 0 Å². The minimum Gasteiger partial charge on any atom is -0.497 e. The van der Waals surface area contributed by atoms with Gasteiger partial charge in [-0.1, -0.05) is 0 Å². The lowest BCUT2D eigenvalue weighted by Gasteiger charge is -2.45. The number of benzene rings is 1. The van der Waals surface area contributed by atoms with Gasteiger partial charge in [0, 0.05) is 12.1 Å². The van der Waals surface area contributed by atoms with Crippen molar-refractivity contribution in [3.05, 3.63) is 23.8 Å². The molecule has 1 aliphatic heterocycles. The molecule has 1 fully saturated rings. The van der Waals surface area contributed by atoms with Crippen LogP contribution in [-0.2, 0) is 10.2 Å². The monoisotopic (exact) mass is 253 g/mol. The maximum absolute atomic E-state index is 10.2. The maximum atomic E-state index is 10.2. The first-order chi connectivity index (χ1) is 8.67. The first-order valence-electron chi connectivity index (χ1n) is 5.86. The van der Waals surface area contributed by atoms with Crippen molar-refractivity contribution in [2.45, 2.75) is 11.5 Å². The van der Waals surface area contributed by atoms with Gasteiger partial charge >= 0.3 is 0 Å². The molecule has 1 heterocycles. The molecule has 2 rings (SSSR count). The molecule has 1 saturated heterocycles. The van der Waals surface area contributed by atoms with E-state index in [1.54, 1.807) is 14.2 Å². The number of rotatable bonds is 5. The van der Waals surface area contributed by atoms with E-state index in [2.05, 4.69) is 0 Å². The van der Waals surface area contributed by atoms with E-state index in [4.69, 9.17) is 19.9 Å². The second-order valence-corrected chi connectivity index (χ2v) is 4.47. The Labute approximate surface area is 106 Å². The zero-order valence-corrected chi connectivity index (χ0v) is 10.7. The van der Waals surface area contributed by atoms with Crippen molar-refractivity contribution in [3.8, 4) is 11.5 Å². The molecule has 0 radical (unpaired) electrons. The molecule has 5 heteroatoms. The smallest absolute Gasteiger partial charge is 0.123 e. The summed E-state index contributed by atoms with van der Waals surface area (Å²) in [7, 11) is 3.21. The van der Waals surface area contributed by atoms with Crippen LogP contribution in [-0.4, -0.2) is 45.2 Å². The fourth-order valence-electron chi connectivity index (χ4n) is 2.28. The van der Waals surface area contributed by atoms with E-state index < -0.39 is 11.5 Å². The predicted octanol–water partition coefficient (Wildman–Crippen LogP) is 0.291. The first kappa shape index (κ1) is 13.1. The van der Waals surface area contributed by atoms with Crippen LogP contribution in [0.15, 0.2) is 18.2 Å². The molecule has 0 aromatic heterocycles. The average molecular weight is 253 g/mol. The summed E-state index contributed by atoms with van der Waals surface area (Å²) < 4.78 is 15.9. The topological polar surface area (TPSA) is 73.9 Å². The third-order valence-electron chi connectivity index (χ3n) is 3.52. The molecule has 0 amide bonds. The fourth-order valence-corrected chi connectivity index (χ4v) is 2.28. The van der Waals surface area contributed by atoms with Gasteiger partial charge in [0.05, 0.1) is 39.0 Å². The molecular weight excluding hydrogens is 234 g/mol. The van der Waals surface area contributed by atoms with Crippen molar-refractivity contribution in [1.29, 1.82) is 0 Å². The van der Waals surface area contributed by atoms with Crippen LogP contribution in [0.25, 0.3) is 0 Å². The lowest BCUT2D eigenvalue weighted by atomic mass is 9.73. The van der Waals surface area contributed by atoms with Crippen molar-refractivity contribution >= 4 is 0 Å². The van der Waals surface area contributed by atoms with Crippen LogP contribution >= 0.6 is 0 Å². The largest absolute Gasteiger partial charge is 0.497 e. The molecule has 1 atom stereocenters. The highest BCUT2D eigenvalue weighted by atomic mass is 16.5. The van der Waals surface area contributed by atoms with Crippen molar-refractivity contribution in [1.82, 2.24) is 0 Å². The lowest BCUT2D eigenvalue weighted by molar-refractivity contribution is -0.117. The van der Waals surface area contributed by atoms with Crippen molar-refractivity contribution in [3.63, 3.8) is 0 Å². The molecule has 0 saturated carbocycles. The van der Waals surface area contributed by atoms with Gasteiger partial charge in [-0.05, 0) is 18.2 Å². The molecule has 0 spiro atoms. The summed E-state index contributed by atoms with van der Waals surface area (Å²) in [5, 5.41) is 10.2. The third kappa shape index (κ3) is 1.94. The van der Waals surface area contributed by atoms with Crippen LogP contribution in [0.3, 0.4) is 0 Å². The first-order valence-corrected chi connectivity index (χ1v) is 5.86. The van der Waals surface area contributed by atoms with Crippen LogP contribution < -0.4 is 15.2 Å². The number of methoxy groups -OCH3 is 2. The summed E-state index contributed by atoms with van der Waals surface area (Å²) in [6.07, 6.45) is -0.660. The quantitative estimate of drug-likeness (QED) is 0.789. The van der Waals surface area contributed by atoms with E-state index in [1.165, 1.54) is 0 Å². The molecule has 1 aromatic rings. The minimum atomic E-state index is -0.660. The van der Waals surface area contributed by atoms with Gasteiger partial charge < -0.3 is 25.1 Å².